The van der Waals surface area contributed by atoms with E-state index in [0.717, 1.165) is 0 Å². The van der Waals surface area contributed by atoms with E-state index in [1.54, 1.807) is 36.4 Å². The van der Waals surface area contributed by atoms with E-state index >= 15 is 0 Å². The van der Waals surface area contributed by atoms with Crippen molar-refractivity contribution < 1.29 is 14.6 Å². The first-order chi connectivity index (χ1) is 10.6. The van der Waals surface area contributed by atoms with E-state index < -0.39 is 0 Å². The van der Waals surface area contributed by atoms with Crippen molar-refractivity contribution in [2.45, 2.75) is 6.92 Å². The molecule has 1 amide bonds. The van der Waals surface area contributed by atoms with Gasteiger partial charge in [0.25, 0.3) is 5.91 Å². The first kappa shape index (κ1) is 15.4. The first-order valence-corrected chi connectivity index (χ1v) is 6.75. The molecule has 6 nitrogen and oxygen atoms in total. The van der Waals surface area contributed by atoms with E-state index in [4.69, 9.17) is 10.5 Å². The van der Waals surface area contributed by atoms with Crippen molar-refractivity contribution in [3.63, 3.8) is 0 Å². The number of hydrogen-bond acceptors (Lipinski definition) is 5. The second-order valence-electron chi connectivity index (χ2n) is 4.48. The summed E-state index contributed by atoms with van der Waals surface area (Å²) >= 11 is 0. The number of phenols is 1. The van der Waals surface area contributed by atoms with E-state index in [1.807, 2.05) is 6.92 Å². The summed E-state index contributed by atoms with van der Waals surface area (Å²) in [5, 5.41) is 13.5. The van der Waals surface area contributed by atoms with Gasteiger partial charge in [-0.1, -0.05) is 0 Å². The Morgan fingerprint density at radius 3 is 2.73 bits per heavy atom. The molecule has 0 aliphatic heterocycles. The lowest BCUT2D eigenvalue weighted by Crippen LogP contribution is -2.17. The van der Waals surface area contributed by atoms with Gasteiger partial charge in [0, 0.05) is 11.3 Å². The van der Waals surface area contributed by atoms with Gasteiger partial charge in [0.05, 0.1) is 12.8 Å². The van der Waals surface area contributed by atoms with Crippen LogP contribution in [0.4, 0.5) is 5.69 Å². The second kappa shape index (κ2) is 7.12. The Kier molecular flexibility index (Phi) is 4.98. The fourth-order valence-electron chi connectivity index (χ4n) is 1.75. The monoisotopic (exact) mass is 299 g/mol. The van der Waals surface area contributed by atoms with Crippen LogP contribution in [-0.4, -0.2) is 23.8 Å². The zero-order valence-electron chi connectivity index (χ0n) is 12.1. The lowest BCUT2D eigenvalue weighted by atomic mass is 10.2. The van der Waals surface area contributed by atoms with Crippen LogP contribution in [0.2, 0.25) is 0 Å². The zero-order valence-corrected chi connectivity index (χ0v) is 12.1. The number of ether oxygens (including phenoxy) is 1. The third-order valence-electron chi connectivity index (χ3n) is 2.84. The minimum atomic E-state index is -0.333. The topological polar surface area (TPSA) is 96.9 Å². The predicted molar refractivity (Wildman–Crippen MR) is 85.2 cm³/mol. The summed E-state index contributed by atoms with van der Waals surface area (Å²) in [5.41, 5.74) is 9.73. The van der Waals surface area contributed by atoms with Gasteiger partial charge in [0.1, 0.15) is 0 Å². The Morgan fingerprint density at radius 2 is 2.05 bits per heavy atom. The van der Waals surface area contributed by atoms with Gasteiger partial charge in [-0.3, -0.25) is 4.79 Å². The number of carbonyl (C=O) groups excluding carboxylic acids is 1. The molecular formula is C16H17N3O3. The average molecular weight is 299 g/mol. The van der Waals surface area contributed by atoms with Gasteiger partial charge in [-0.15, -0.1) is 0 Å². The lowest BCUT2D eigenvalue weighted by Gasteiger charge is -2.06. The maximum absolute atomic E-state index is 11.8. The third kappa shape index (κ3) is 3.99. The molecule has 2 rings (SSSR count). The molecule has 114 valence electrons. The van der Waals surface area contributed by atoms with Gasteiger partial charge in [-0.2, -0.15) is 5.10 Å². The van der Waals surface area contributed by atoms with Crippen molar-refractivity contribution in [3.8, 4) is 11.5 Å². The Hall–Kier alpha value is -3.02. The molecule has 2 aromatic carbocycles. The van der Waals surface area contributed by atoms with Crippen molar-refractivity contribution in [3.05, 3.63) is 53.6 Å². The second-order valence-corrected chi connectivity index (χ2v) is 4.48. The van der Waals surface area contributed by atoms with Crippen LogP contribution in [-0.2, 0) is 0 Å². The molecule has 0 aromatic heterocycles. The maximum Gasteiger partial charge on any atom is 0.271 e. The van der Waals surface area contributed by atoms with Gasteiger partial charge >= 0.3 is 0 Å². The van der Waals surface area contributed by atoms with Crippen molar-refractivity contribution >= 4 is 17.8 Å². The smallest absolute Gasteiger partial charge is 0.271 e. The molecule has 22 heavy (non-hydrogen) atoms. The number of amides is 1. The van der Waals surface area contributed by atoms with Crippen molar-refractivity contribution in [2.75, 3.05) is 12.3 Å². The molecule has 0 radical (unpaired) electrons. The highest BCUT2D eigenvalue weighted by molar-refractivity contribution is 5.95. The summed E-state index contributed by atoms with van der Waals surface area (Å²) in [6, 6.07) is 11.3. The number of nitrogens with two attached hydrogens (primary N) is 1. The van der Waals surface area contributed by atoms with E-state index in [-0.39, 0.29) is 11.7 Å². The van der Waals surface area contributed by atoms with Gasteiger partial charge in [-0.05, 0) is 55.0 Å². The van der Waals surface area contributed by atoms with Crippen LogP contribution in [0, 0.1) is 0 Å². The van der Waals surface area contributed by atoms with Crippen LogP contribution in [0.5, 0.6) is 11.5 Å². The van der Waals surface area contributed by atoms with Crippen molar-refractivity contribution in [2.24, 2.45) is 5.10 Å². The largest absolute Gasteiger partial charge is 0.504 e. The minimum Gasteiger partial charge on any atom is -0.504 e. The van der Waals surface area contributed by atoms with Crippen LogP contribution in [0.1, 0.15) is 22.8 Å². The molecule has 4 N–H and O–H groups in total. The Bertz CT molecular complexity index is 682. The van der Waals surface area contributed by atoms with Crippen LogP contribution in [0.15, 0.2) is 47.6 Å². The number of hydrogen-bond donors (Lipinski definition) is 3. The van der Waals surface area contributed by atoms with Gasteiger partial charge in [-0.25, -0.2) is 5.43 Å². The quantitative estimate of drug-likeness (QED) is 0.447. The van der Waals surface area contributed by atoms with Crippen molar-refractivity contribution in [1.29, 1.82) is 0 Å². The van der Waals surface area contributed by atoms with E-state index in [0.29, 0.717) is 29.2 Å². The Morgan fingerprint density at radius 1 is 1.32 bits per heavy atom. The highest BCUT2D eigenvalue weighted by Crippen LogP contribution is 2.26. The summed E-state index contributed by atoms with van der Waals surface area (Å²) in [6.07, 6.45) is 1.47. The highest BCUT2D eigenvalue weighted by atomic mass is 16.5. The maximum atomic E-state index is 11.8. The lowest BCUT2D eigenvalue weighted by molar-refractivity contribution is 0.0955. The number of rotatable bonds is 5. The van der Waals surface area contributed by atoms with Crippen LogP contribution < -0.4 is 15.9 Å². The summed E-state index contributed by atoms with van der Waals surface area (Å²) < 4.78 is 5.27. The molecule has 0 fully saturated rings. The minimum absolute atomic E-state index is 0.0601. The zero-order chi connectivity index (χ0) is 15.9. The number of nitrogen functional groups attached to an aromatic ring is 1. The predicted octanol–water partition coefficient (Wildman–Crippen LogP) is 2.14. The Labute approximate surface area is 128 Å². The molecule has 0 bridgehead atoms. The Balaban J connectivity index is 2.01. The molecular weight excluding hydrogens is 282 g/mol. The van der Waals surface area contributed by atoms with Gasteiger partial charge < -0.3 is 15.6 Å². The van der Waals surface area contributed by atoms with Gasteiger partial charge in [0.15, 0.2) is 11.5 Å². The third-order valence-corrected chi connectivity index (χ3v) is 2.84. The molecule has 0 atom stereocenters. The normalized spacial score (nSPS) is 10.6. The van der Waals surface area contributed by atoms with Crippen LogP contribution in [0.25, 0.3) is 0 Å². The number of anilines is 1. The number of nitrogens with one attached hydrogen (secondary N) is 1. The van der Waals surface area contributed by atoms with E-state index in [1.165, 1.54) is 12.3 Å². The molecule has 0 aliphatic rings. The molecule has 0 spiro atoms. The molecule has 0 aliphatic carbocycles. The summed E-state index contributed by atoms with van der Waals surface area (Å²) in [4.78, 5) is 11.8. The molecule has 6 heteroatoms. The highest BCUT2D eigenvalue weighted by Gasteiger charge is 2.04. The number of nitrogens with zero attached hydrogens (tertiary/aromatic N) is 1. The standard InChI is InChI=1S/C16H17N3O3/c1-2-22-15-9-11(3-8-14(15)20)10-18-19-16(21)12-4-6-13(17)7-5-12/h3-10,20H,2,17H2,1H3,(H,19,21)/b18-10-. The number of hydrazone groups is 1. The van der Waals surface area contributed by atoms with E-state index in [2.05, 4.69) is 10.5 Å². The van der Waals surface area contributed by atoms with Crippen molar-refractivity contribution in [1.82, 2.24) is 5.43 Å². The number of phenolic OH excluding ortho intramolecular Hbond substituents is 1. The summed E-state index contributed by atoms with van der Waals surface area (Å²) in [6.45, 7) is 2.27. The molecule has 0 unspecified atom stereocenters. The SMILES string of the molecule is CCOc1cc(/C=N\NC(=O)c2ccc(N)cc2)ccc1O. The van der Waals surface area contributed by atoms with Gasteiger partial charge in [0.2, 0.25) is 0 Å². The molecule has 2 aromatic rings. The number of carbonyl (C=O) groups is 1. The van der Waals surface area contributed by atoms with Crippen LogP contribution >= 0.6 is 0 Å². The molecule has 0 heterocycles. The van der Waals surface area contributed by atoms with E-state index in [9.17, 15) is 9.90 Å². The number of benzene rings is 2. The average Bonchev–Trinajstić information content (AvgIpc) is 2.51. The fraction of sp³-hybridized carbons (Fsp3) is 0.125. The molecule has 0 saturated carbocycles. The van der Waals surface area contributed by atoms with Crippen LogP contribution in [0.3, 0.4) is 0 Å². The summed E-state index contributed by atoms with van der Waals surface area (Å²) in [7, 11) is 0. The fourth-order valence-corrected chi connectivity index (χ4v) is 1.75. The number of aromatic hydroxyl groups is 1. The summed E-state index contributed by atoms with van der Waals surface area (Å²) in [5.74, 6) is 0.0984. The molecule has 0 saturated heterocycles. The first-order valence-electron chi connectivity index (χ1n) is 6.75.